The van der Waals surface area contributed by atoms with Crippen molar-refractivity contribution in [3.05, 3.63) is 36.0 Å². The van der Waals surface area contributed by atoms with E-state index in [2.05, 4.69) is 11.4 Å². The van der Waals surface area contributed by atoms with Crippen molar-refractivity contribution in [1.82, 2.24) is 14.8 Å². The Kier molecular flexibility index (Phi) is 4.19. The molecule has 1 aliphatic carbocycles. The molecule has 2 fully saturated rings. The summed E-state index contributed by atoms with van der Waals surface area (Å²) in [5.74, 6) is -0.563. The fraction of sp³-hybridized carbons (Fsp3) is 0.400. The molecule has 0 radical (unpaired) electrons. The third kappa shape index (κ3) is 2.78. The van der Waals surface area contributed by atoms with Gasteiger partial charge in [0, 0.05) is 29.2 Å². The predicted octanol–water partition coefficient (Wildman–Crippen LogP) is 2.60. The van der Waals surface area contributed by atoms with Crippen LogP contribution in [0.1, 0.15) is 42.5 Å². The number of benzene rings is 1. The van der Waals surface area contributed by atoms with Gasteiger partial charge >= 0.3 is 6.03 Å². The number of carbonyl (C=O) groups excluding carboxylic acids is 3. The van der Waals surface area contributed by atoms with Crippen LogP contribution in [0.25, 0.3) is 10.9 Å². The standard InChI is InChI=1S/C20H20N4O3/c21-10-5-11-23-12-15(14-6-1-2-7-16(14)23)17(25)13-24-18(26)20(22-19(24)27)8-3-4-9-20/h1-2,6-7,12H,3-5,8-9,11,13H2,(H,22,27). The van der Waals surface area contributed by atoms with E-state index in [1.54, 1.807) is 6.20 Å². The monoisotopic (exact) mass is 364 g/mol. The number of ketones is 1. The molecule has 1 saturated heterocycles. The third-order valence-corrected chi connectivity index (χ3v) is 5.56. The normalized spacial score (nSPS) is 18.3. The fourth-order valence-electron chi connectivity index (χ4n) is 4.19. The van der Waals surface area contributed by atoms with Gasteiger partial charge in [-0.3, -0.25) is 14.5 Å². The topological polar surface area (TPSA) is 95.2 Å². The molecule has 0 atom stereocenters. The first-order valence-corrected chi connectivity index (χ1v) is 9.18. The number of hydrogen-bond donors (Lipinski definition) is 1. The molecule has 1 aliphatic heterocycles. The Balaban J connectivity index is 1.61. The summed E-state index contributed by atoms with van der Waals surface area (Å²) in [7, 11) is 0. The summed E-state index contributed by atoms with van der Waals surface area (Å²) in [6, 6.07) is 9.08. The lowest BCUT2D eigenvalue weighted by molar-refractivity contribution is -0.130. The van der Waals surface area contributed by atoms with Crippen molar-refractivity contribution in [3.63, 3.8) is 0 Å². The summed E-state index contributed by atoms with van der Waals surface area (Å²) in [6.45, 7) is 0.217. The Morgan fingerprint density at radius 1 is 1.22 bits per heavy atom. The predicted molar refractivity (Wildman–Crippen MR) is 97.9 cm³/mol. The highest BCUT2D eigenvalue weighted by atomic mass is 16.2. The smallest absolute Gasteiger partial charge is 0.325 e. The number of urea groups is 1. The number of carbonyl (C=O) groups is 3. The third-order valence-electron chi connectivity index (χ3n) is 5.56. The zero-order valence-corrected chi connectivity index (χ0v) is 14.9. The van der Waals surface area contributed by atoms with Crippen molar-refractivity contribution in [2.24, 2.45) is 0 Å². The second-order valence-electron chi connectivity index (χ2n) is 7.20. The molecule has 2 aromatic rings. The maximum absolute atomic E-state index is 12.9. The van der Waals surface area contributed by atoms with Crippen LogP contribution in [0.5, 0.6) is 0 Å². The van der Waals surface area contributed by atoms with E-state index >= 15 is 0 Å². The molecule has 1 aromatic carbocycles. The van der Waals surface area contributed by atoms with E-state index in [-0.39, 0.29) is 18.2 Å². The SMILES string of the molecule is N#CCCn1cc(C(=O)CN2C(=O)NC3(CCCC3)C2=O)c2ccccc21. The average Bonchev–Trinajstić information content (AvgIpc) is 3.34. The minimum Gasteiger partial charge on any atom is -0.346 e. The molecule has 4 rings (SSSR count). The zero-order chi connectivity index (χ0) is 19.0. The number of nitrogens with zero attached hydrogens (tertiary/aromatic N) is 3. The molecule has 1 N–H and O–H groups in total. The second kappa shape index (κ2) is 6.54. The van der Waals surface area contributed by atoms with E-state index < -0.39 is 11.6 Å². The van der Waals surface area contributed by atoms with Crippen molar-refractivity contribution in [3.8, 4) is 6.07 Å². The molecule has 0 bridgehead atoms. The van der Waals surface area contributed by atoms with E-state index in [9.17, 15) is 14.4 Å². The molecule has 2 aliphatic rings. The molecule has 7 nitrogen and oxygen atoms in total. The van der Waals surface area contributed by atoms with E-state index in [1.165, 1.54) is 0 Å². The lowest BCUT2D eigenvalue weighted by atomic mass is 9.98. The van der Waals surface area contributed by atoms with Crippen LogP contribution in [0.3, 0.4) is 0 Å². The van der Waals surface area contributed by atoms with Gasteiger partial charge in [-0.2, -0.15) is 5.26 Å². The summed E-state index contributed by atoms with van der Waals surface area (Å²) in [5, 5.41) is 12.4. The molecule has 27 heavy (non-hydrogen) atoms. The van der Waals surface area contributed by atoms with Crippen molar-refractivity contribution in [1.29, 1.82) is 5.26 Å². The van der Waals surface area contributed by atoms with Gasteiger partial charge in [0.05, 0.1) is 19.0 Å². The number of hydrogen-bond acceptors (Lipinski definition) is 4. The van der Waals surface area contributed by atoms with Crippen molar-refractivity contribution in [2.45, 2.75) is 44.2 Å². The quantitative estimate of drug-likeness (QED) is 0.652. The van der Waals surface area contributed by atoms with Crippen LogP contribution in [0.4, 0.5) is 4.79 Å². The first-order chi connectivity index (χ1) is 13.1. The van der Waals surface area contributed by atoms with Gasteiger partial charge in [-0.25, -0.2) is 4.79 Å². The van der Waals surface area contributed by atoms with Crippen LogP contribution in [-0.2, 0) is 11.3 Å². The number of aromatic nitrogens is 1. The zero-order valence-electron chi connectivity index (χ0n) is 14.9. The van der Waals surface area contributed by atoms with Crippen LogP contribution < -0.4 is 5.32 Å². The number of Topliss-reactive ketones (excluding diaryl/α,β-unsaturated/α-hetero) is 1. The number of nitrogens with one attached hydrogen (secondary N) is 1. The van der Waals surface area contributed by atoms with Gasteiger partial charge in [-0.15, -0.1) is 0 Å². The maximum Gasteiger partial charge on any atom is 0.325 e. The molecule has 2 heterocycles. The highest BCUT2D eigenvalue weighted by Crippen LogP contribution is 2.35. The van der Waals surface area contributed by atoms with Crippen LogP contribution in [0, 0.1) is 11.3 Å². The van der Waals surface area contributed by atoms with Gasteiger partial charge in [-0.05, 0) is 18.9 Å². The van der Waals surface area contributed by atoms with E-state index in [1.807, 2.05) is 28.8 Å². The molecule has 3 amide bonds. The van der Waals surface area contributed by atoms with Gasteiger partial charge in [0.1, 0.15) is 5.54 Å². The average molecular weight is 364 g/mol. The molecule has 1 spiro atoms. The molecule has 1 saturated carbocycles. The highest BCUT2D eigenvalue weighted by molar-refractivity contribution is 6.14. The number of rotatable bonds is 5. The molecule has 1 aromatic heterocycles. The Morgan fingerprint density at radius 2 is 1.96 bits per heavy atom. The summed E-state index contributed by atoms with van der Waals surface area (Å²) in [4.78, 5) is 39.1. The van der Waals surface area contributed by atoms with Gasteiger partial charge in [0.2, 0.25) is 0 Å². The van der Waals surface area contributed by atoms with Crippen LogP contribution in [0.2, 0.25) is 0 Å². The van der Waals surface area contributed by atoms with Crippen LogP contribution in [-0.4, -0.2) is 39.3 Å². The fourth-order valence-corrected chi connectivity index (χ4v) is 4.19. The van der Waals surface area contributed by atoms with Crippen LogP contribution >= 0.6 is 0 Å². The minimum atomic E-state index is -0.807. The number of imide groups is 1. The summed E-state index contributed by atoms with van der Waals surface area (Å²) in [6.07, 6.45) is 5.13. The van der Waals surface area contributed by atoms with Gasteiger partial charge in [0.25, 0.3) is 5.91 Å². The molecular weight excluding hydrogens is 344 g/mol. The first kappa shape index (κ1) is 17.3. The Morgan fingerprint density at radius 3 is 2.70 bits per heavy atom. The largest absolute Gasteiger partial charge is 0.346 e. The van der Waals surface area contributed by atoms with Gasteiger partial charge < -0.3 is 9.88 Å². The molecule has 0 unspecified atom stereocenters. The van der Waals surface area contributed by atoms with Crippen molar-refractivity contribution < 1.29 is 14.4 Å². The number of nitriles is 1. The lowest BCUT2D eigenvalue weighted by Crippen LogP contribution is -2.44. The summed E-state index contributed by atoms with van der Waals surface area (Å²) in [5.41, 5.74) is 0.523. The van der Waals surface area contributed by atoms with E-state index in [4.69, 9.17) is 5.26 Å². The van der Waals surface area contributed by atoms with Crippen molar-refractivity contribution in [2.75, 3.05) is 6.54 Å². The molecule has 7 heteroatoms. The Labute approximate surface area is 156 Å². The number of amides is 3. The van der Waals surface area contributed by atoms with Crippen molar-refractivity contribution >= 4 is 28.6 Å². The summed E-state index contributed by atoms with van der Waals surface area (Å²) >= 11 is 0. The van der Waals surface area contributed by atoms with Gasteiger partial charge in [-0.1, -0.05) is 31.0 Å². The van der Waals surface area contributed by atoms with Crippen LogP contribution in [0.15, 0.2) is 30.5 Å². The second-order valence-corrected chi connectivity index (χ2v) is 7.20. The summed E-state index contributed by atoms with van der Waals surface area (Å²) < 4.78 is 1.87. The number of para-hydroxylation sites is 1. The highest BCUT2D eigenvalue weighted by Gasteiger charge is 2.52. The minimum absolute atomic E-state index is 0.265. The van der Waals surface area contributed by atoms with E-state index in [0.717, 1.165) is 28.6 Å². The Bertz CT molecular complexity index is 979. The Hall–Kier alpha value is -3.14. The number of aryl methyl sites for hydroxylation is 1. The molecular formula is C20H20N4O3. The lowest BCUT2D eigenvalue weighted by Gasteiger charge is -2.19. The number of fused-ring (bicyclic) bond motifs is 1. The van der Waals surface area contributed by atoms with Gasteiger partial charge in [0.15, 0.2) is 5.78 Å². The molecule has 138 valence electrons. The maximum atomic E-state index is 12.9. The first-order valence-electron chi connectivity index (χ1n) is 9.18. The van der Waals surface area contributed by atoms with E-state index in [0.29, 0.717) is 31.4 Å².